The summed E-state index contributed by atoms with van der Waals surface area (Å²) in [7, 11) is 0. The molecule has 0 radical (unpaired) electrons. The molecule has 0 saturated heterocycles. The summed E-state index contributed by atoms with van der Waals surface area (Å²) in [5, 5.41) is 0. The molecule has 1 aromatic rings. The van der Waals surface area contributed by atoms with Crippen molar-refractivity contribution in [3.8, 4) is 0 Å². The van der Waals surface area contributed by atoms with Crippen molar-refractivity contribution in [3.05, 3.63) is 29.1 Å². The third-order valence-corrected chi connectivity index (χ3v) is 2.22. The highest BCUT2D eigenvalue weighted by Crippen LogP contribution is 2.11. The van der Waals surface area contributed by atoms with Crippen molar-refractivity contribution >= 4 is 11.9 Å². The maximum Gasteiger partial charge on any atom is 0.340 e. The minimum absolute atomic E-state index is 0.0255. The fraction of sp³-hybridized carbons (Fsp3) is 0.462. The van der Waals surface area contributed by atoms with Crippen molar-refractivity contribution in [2.75, 3.05) is 13.2 Å². The number of pyridine rings is 1. The van der Waals surface area contributed by atoms with Crippen LogP contribution in [0.1, 0.15) is 35.5 Å². The lowest BCUT2D eigenvalue weighted by molar-refractivity contribution is -0.142. The Balaban J connectivity index is 2.96. The number of nitrogens with zero attached hydrogens (tertiary/aromatic N) is 1. The topological polar surface area (TPSA) is 65.5 Å². The predicted molar refractivity (Wildman–Crippen MR) is 65.3 cm³/mol. The van der Waals surface area contributed by atoms with Crippen LogP contribution in [-0.4, -0.2) is 30.1 Å². The summed E-state index contributed by atoms with van der Waals surface area (Å²) in [6.07, 6.45) is 1.58. The molecule has 1 heterocycles. The molecule has 5 nitrogen and oxygen atoms in total. The fourth-order valence-corrected chi connectivity index (χ4v) is 1.47. The van der Waals surface area contributed by atoms with Crippen molar-refractivity contribution in [2.45, 2.75) is 27.2 Å². The molecule has 0 saturated carbocycles. The van der Waals surface area contributed by atoms with E-state index in [2.05, 4.69) is 4.98 Å². The second-order valence-electron chi connectivity index (χ2n) is 3.71. The van der Waals surface area contributed by atoms with Gasteiger partial charge in [-0.2, -0.15) is 0 Å². The average molecular weight is 251 g/mol. The van der Waals surface area contributed by atoms with Gasteiger partial charge in [0.05, 0.1) is 30.9 Å². The third-order valence-electron chi connectivity index (χ3n) is 2.22. The van der Waals surface area contributed by atoms with Gasteiger partial charge in [0.15, 0.2) is 0 Å². The lowest BCUT2D eigenvalue weighted by Gasteiger charge is -2.08. The normalized spacial score (nSPS) is 9.94. The van der Waals surface area contributed by atoms with Gasteiger partial charge in [-0.1, -0.05) is 0 Å². The molecule has 0 N–H and O–H groups in total. The van der Waals surface area contributed by atoms with E-state index >= 15 is 0 Å². The van der Waals surface area contributed by atoms with Gasteiger partial charge in [0.2, 0.25) is 0 Å². The van der Waals surface area contributed by atoms with Gasteiger partial charge >= 0.3 is 11.9 Å². The molecule has 98 valence electrons. The van der Waals surface area contributed by atoms with Crippen molar-refractivity contribution in [1.29, 1.82) is 0 Å². The van der Waals surface area contributed by atoms with Crippen LogP contribution in [0.5, 0.6) is 0 Å². The van der Waals surface area contributed by atoms with Crippen LogP contribution in [0.15, 0.2) is 12.3 Å². The Morgan fingerprint density at radius 3 is 2.50 bits per heavy atom. The van der Waals surface area contributed by atoms with E-state index in [-0.39, 0.29) is 13.0 Å². The zero-order chi connectivity index (χ0) is 13.5. The number of esters is 2. The molecule has 0 bridgehead atoms. The highest BCUT2D eigenvalue weighted by atomic mass is 16.5. The van der Waals surface area contributed by atoms with Gasteiger partial charge in [-0.3, -0.25) is 9.78 Å². The standard InChI is InChI=1S/C13H17NO4/c1-4-17-12(15)7-11-10(13(16)18-5-2)6-9(3)8-14-11/h6,8H,4-5,7H2,1-3H3. The van der Waals surface area contributed by atoms with E-state index < -0.39 is 11.9 Å². The number of ether oxygens (including phenoxy) is 2. The van der Waals surface area contributed by atoms with E-state index in [9.17, 15) is 9.59 Å². The van der Waals surface area contributed by atoms with E-state index in [0.717, 1.165) is 5.56 Å². The summed E-state index contributed by atoms with van der Waals surface area (Å²) in [4.78, 5) is 27.3. The fourth-order valence-electron chi connectivity index (χ4n) is 1.47. The highest BCUT2D eigenvalue weighted by molar-refractivity contribution is 5.92. The second kappa shape index (κ2) is 6.74. The molecule has 1 aromatic heterocycles. The van der Waals surface area contributed by atoms with Crippen LogP contribution in [0.25, 0.3) is 0 Å². The summed E-state index contributed by atoms with van der Waals surface area (Å²) in [6.45, 7) is 5.87. The molecular formula is C13H17NO4. The van der Waals surface area contributed by atoms with Gasteiger partial charge in [0.1, 0.15) is 0 Å². The molecule has 1 rings (SSSR count). The number of carbonyl (C=O) groups is 2. The molecule has 18 heavy (non-hydrogen) atoms. The quantitative estimate of drug-likeness (QED) is 0.745. The van der Waals surface area contributed by atoms with Crippen molar-refractivity contribution in [1.82, 2.24) is 4.98 Å². The zero-order valence-corrected chi connectivity index (χ0v) is 10.9. The Hall–Kier alpha value is -1.91. The van der Waals surface area contributed by atoms with Gasteiger partial charge in [-0.25, -0.2) is 4.79 Å². The van der Waals surface area contributed by atoms with Crippen LogP contribution < -0.4 is 0 Å². The van der Waals surface area contributed by atoms with Crippen LogP contribution in [0.3, 0.4) is 0 Å². The summed E-state index contributed by atoms with van der Waals surface area (Å²) in [5.41, 5.74) is 1.55. The van der Waals surface area contributed by atoms with Gasteiger partial charge in [-0.15, -0.1) is 0 Å². The number of aromatic nitrogens is 1. The SMILES string of the molecule is CCOC(=O)Cc1ncc(C)cc1C(=O)OCC. The maximum atomic E-state index is 11.7. The first kappa shape index (κ1) is 14.2. The number of hydrogen-bond donors (Lipinski definition) is 0. The molecule has 0 amide bonds. The smallest absolute Gasteiger partial charge is 0.340 e. The summed E-state index contributed by atoms with van der Waals surface area (Å²) in [6, 6.07) is 1.67. The van der Waals surface area contributed by atoms with Gasteiger partial charge < -0.3 is 9.47 Å². The molecule has 0 atom stereocenters. The predicted octanol–water partition coefficient (Wildman–Crippen LogP) is 1.67. The Morgan fingerprint density at radius 1 is 1.22 bits per heavy atom. The van der Waals surface area contributed by atoms with Crippen molar-refractivity contribution in [3.63, 3.8) is 0 Å². The Bertz CT molecular complexity index is 443. The maximum absolute atomic E-state index is 11.7. The minimum atomic E-state index is -0.465. The van der Waals surface area contributed by atoms with Crippen LogP contribution in [-0.2, 0) is 20.7 Å². The minimum Gasteiger partial charge on any atom is -0.466 e. The molecular weight excluding hydrogens is 234 g/mol. The molecule has 5 heteroatoms. The van der Waals surface area contributed by atoms with Crippen molar-refractivity contribution < 1.29 is 19.1 Å². The molecule has 0 aliphatic heterocycles. The number of aryl methyl sites for hydroxylation is 1. The van der Waals surface area contributed by atoms with E-state index in [1.807, 2.05) is 6.92 Å². The molecule has 0 unspecified atom stereocenters. The Kier molecular flexibility index (Phi) is 5.30. The summed E-state index contributed by atoms with van der Waals surface area (Å²) in [5.74, 6) is -0.868. The molecule has 0 aliphatic carbocycles. The number of carbonyl (C=O) groups excluding carboxylic acids is 2. The highest BCUT2D eigenvalue weighted by Gasteiger charge is 2.17. The molecule has 0 fully saturated rings. The van der Waals surface area contributed by atoms with Crippen molar-refractivity contribution in [2.24, 2.45) is 0 Å². The average Bonchev–Trinajstić information content (AvgIpc) is 2.32. The largest absolute Gasteiger partial charge is 0.466 e. The molecule has 0 spiro atoms. The lowest BCUT2D eigenvalue weighted by atomic mass is 10.1. The number of hydrogen-bond acceptors (Lipinski definition) is 5. The van der Waals surface area contributed by atoms with Gasteiger partial charge in [0, 0.05) is 6.20 Å². The van der Waals surface area contributed by atoms with Crippen LogP contribution in [0.4, 0.5) is 0 Å². The van der Waals surface area contributed by atoms with Crippen LogP contribution in [0.2, 0.25) is 0 Å². The van der Waals surface area contributed by atoms with Gasteiger partial charge in [-0.05, 0) is 32.4 Å². The Labute approximate surface area is 106 Å². The number of rotatable bonds is 5. The van der Waals surface area contributed by atoms with E-state index in [1.54, 1.807) is 26.1 Å². The summed E-state index contributed by atoms with van der Waals surface area (Å²) >= 11 is 0. The zero-order valence-electron chi connectivity index (χ0n) is 10.9. The van der Waals surface area contributed by atoms with E-state index in [4.69, 9.17) is 9.47 Å². The van der Waals surface area contributed by atoms with Crippen LogP contribution in [0, 0.1) is 6.92 Å². The van der Waals surface area contributed by atoms with E-state index in [1.165, 1.54) is 0 Å². The van der Waals surface area contributed by atoms with Crippen LogP contribution >= 0.6 is 0 Å². The van der Waals surface area contributed by atoms with E-state index in [0.29, 0.717) is 17.9 Å². The first-order chi connectivity index (χ1) is 8.58. The van der Waals surface area contributed by atoms with Gasteiger partial charge in [0.25, 0.3) is 0 Å². The molecule has 0 aliphatic rings. The third kappa shape index (κ3) is 3.84. The second-order valence-corrected chi connectivity index (χ2v) is 3.71. The first-order valence-corrected chi connectivity index (χ1v) is 5.86. The lowest BCUT2D eigenvalue weighted by Crippen LogP contribution is -2.15. The summed E-state index contributed by atoms with van der Waals surface area (Å²) < 4.78 is 9.77. The Morgan fingerprint density at radius 2 is 1.89 bits per heavy atom. The monoisotopic (exact) mass is 251 g/mol. The molecule has 0 aromatic carbocycles. The first-order valence-electron chi connectivity index (χ1n) is 5.86.